The summed E-state index contributed by atoms with van der Waals surface area (Å²) in [5.41, 5.74) is 0. The number of nitrogens with one attached hydrogen (secondary N) is 1. The van der Waals surface area contributed by atoms with Crippen LogP contribution in [0.15, 0.2) is 0 Å². The van der Waals surface area contributed by atoms with Crippen LogP contribution in [0.3, 0.4) is 0 Å². The first-order chi connectivity index (χ1) is 6.22. The maximum atomic E-state index is 11.1. The van der Waals surface area contributed by atoms with E-state index < -0.39 is 0 Å². The van der Waals surface area contributed by atoms with E-state index in [1.807, 2.05) is 0 Å². The molecule has 3 heteroatoms. The molecule has 2 unspecified atom stereocenters. The van der Waals surface area contributed by atoms with Crippen LogP contribution in [0.5, 0.6) is 0 Å². The summed E-state index contributed by atoms with van der Waals surface area (Å²) in [4.78, 5) is 11.1. The molecule has 0 saturated heterocycles. The third kappa shape index (κ3) is 3.87. The Labute approximate surface area is 79.8 Å². The van der Waals surface area contributed by atoms with Gasteiger partial charge in [-0.3, -0.25) is 4.79 Å². The minimum Gasteiger partial charge on any atom is -0.383 e. The summed E-state index contributed by atoms with van der Waals surface area (Å²) >= 11 is 0. The highest BCUT2D eigenvalue weighted by Gasteiger charge is 2.20. The summed E-state index contributed by atoms with van der Waals surface area (Å²) in [5.74, 6) is 0.397. The average molecular weight is 185 g/mol. The quantitative estimate of drug-likeness (QED) is 0.713. The Balaban J connectivity index is 2.23. The second kappa shape index (κ2) is 5.35. The molecule has 0 heterocycles. The lowest BCUT2D eigenvalue weighted by Gasteiger charge is -2.25. The normalized spacial score (nSPS) is 26.0. The molecule has 1 aliphatic rings. The van der Waals surface area contributed by atoms with Crippen LogP contribution in [0.4, 0.5) is 0 Å². The van der Waals surface area contributed by atoms with E-state index in [-0.39, 0.29) is 0 Å². The molecule has 0 aliphatic heterocycles. The zero-order chi connectivity index (χ0) is 9.68. The number of hydrogen-bond donors (Lipinski definition) is 1. The van der Waals surface area contributed by atoms with Gasteiger partial charge in [0.25, 0.3) is 0 Å². The molecule has 0 aromatic carbocycles. The lowest BCUT2D eigenvalue weighted by atomic mass is 9.94. The monoisotopic (exact) mass is 185 g/mol. The standard InChI is InChI=1S/C10H19NO2/c1-8(7-13-2)11-9-4-3-5-10(12)6-9/h8-9,11H,3-7H2,1-2H3. The first kappa shape index (κ1) is 10.7. The third-order valence-electron chi connectivity index (χ3n) is 2.42. The van der Waals surface area contributed by atoms with Gasteiger partial charge < -0.3 is 10.1 Å². The molecule has 1 N–H and O–H groups in total. The lowest BCUT2D eigenvalue weighted by Crippen LogP contribution is -2.41. The Bertz CT molecular complexity index is 170. The first-order valence-corrected chi connectivity index (χ1v) is 4.99. The van der Waals surface area contributed by atoms with Gasteiger partial charge in [0.2, 0.25) is 0 Å². The SMILES string of the molecule is COCC(C)NC1CCCC(=O)C1. The van der Waals surface area contributed by atoms with Crippen molar-refractivity contribution in [1.29, 1.82) is 0 Å². The van der Waals surface area contributed by atoms with E-state index in [1.54, 1.807) is 7.11 Å². The van der Waals surface area contributed by atoms with Gasteiger partial charge in [-0.2, -0.15) is 0 Å². The molecule has 0 aromatic heterocycles. The fourth-order valence-electron chi connectivity index (χ4n) is 1.87. The van der Waals surface area contributed by atoms with Gasteiger partial charge in [-0.1, -0.05) is 0 Å². The van der Waals surface area contributed by atoms with Crippen LogP contribution >= 0.6 is 0 Å². The summed E-state index contributed by atoms with van der Waals surface area (Å²) in [6.07, 6.45) is 3.64. The van der Waals surface area contributed by atoms with E-state index in [0.717, 1.165) is 19.3 Å². The first-order valence-electron chi connectivity index (χ1n) is 4.99. The zero-order valence-electron chi connectivity index (χ0n) is 8.51. The fraction of sp³-hybridized carbons (Fsp3) is 0.900. The molecule has 1 fully saturated rings. The molecule has 76 valence electrons. The predicted octanol–water partition coefficient (Wildman–Crippen LogP) is 1.12. The van der Waals surface area contributed by atoms with Crippen molar-refractivity contribution in [1.82, 2.24) is 5.32 Å². The predicted molar refractivity (Wildman–Crippen MR) is 51.7 cm³/mol. The summed E-state index contributed by atoms with van der Waals surface area (Å²) in [6, 6.07) is 0.729. The molecule has 13 heavy (non-hydrogen) atoms. The van der Waals surface area contributed by atoms with Crippen molar-refractivity contribution in [3.63, 3.8) is 0 Å². The second-order valence-electron chi connectivity index (χ2n) is 3.86. The number of ether oxygens (including phenoxy) is 1. The Morgan fingerprint density at radius 3 is 3.08 bits per heavy atom. The van der Waals surface area contributed by atoms with Gasteiger partial charge in [-0.25, -0.2) is 0 Å². The van der Waals surface area contributed by atoms with Crippen molar-refractivity contribution in [2.45, 2.75) is 44.7 Å². The Kier molecular flexibility index (Phi) is 4.39. The van der Waals surface area contributed by atoms with Crippen LogP contribution in [-0.4, -0.2) is 31.6 Å². The minimum atomic E-state index is 0.348. The largest absolute Gasteiger partial charge is 0.383 e. The molecule has 0 aromatic rings. The number of carbonyl (C=O) groups is 1. The Morgan fingerprint density at radius 1 is 1.69 bits per heavy atom. The highest BCUT2D eigenvalue weighted by atomic mass is 16.5. The van der Waals surface area contributed by atoms with Gasteiger partial charge in [0, 0.05) is 32.0 Å². The van der Waals surface area contributed by atoms with E-state index in [4.69, 9.17) is 4.74 Å². The van der Waals surface area contributed by atoms with Crippen LogP contribution in [0.25, 0.3) is 0 Å². The number of carbonyl (C=O) groups excluding carboxylic acids is 1. The topological polar surface area (TPSA) is 38.3 Å². The molecule has 0 amide bonds. The maximum Gasteiger partial charge on any atom is 0.134 e. The number of rotatable bonds is 4. The molecule has 1 rings (SSSR count). The van der Waals surface area contributed by atoms with Crippen molar-refractivity contribution in [2.24, 2.45) is 0 Å². The second-order valence-corrected chi connectivity index (χ2v) is 3.86. The van der Waals surface area contributed by atoms with Crippen LogP contribution < -0.4 is 5.32 Å². The summed E-state index contributed by atoms with van der Waals surface area (Å²) in [6.45, 7) is 2.80. The molecule has 0 bridgehead atoms. The van der Waals surface area contributed by atoms with E-state index >= 15 is 0 Å². The molecule has 1 aliphatic carbocycles. The maximum absolute atomic E-state index is 11.1. The van der Waals surface area contributed by atoms with Gasteiger partial charge in [0.05, 0.1) is 6.61 Å². The Morgan fingerprint density at radius 2 is 2.46 bits per heavy atom. The Hall–Kier alpha value is -0.410. The molecular formula is C10H19NO2. The molecular weight excluding hydrogens is 166 g/mol. The number of ketones is 1. The fourth-order valence-corrected chi connectivity index (χ4v) is 1.87. The number of methoxy groups -OCH3 is 1. The van der Waals surface area contributed by atoms with E-state index in [9.17, 15) is 4.79 Å². The summed E-state index contributed by atoms with van der Waals surface area (Å²) in [5, 5.41) is 3.40. The molecule has 3 nitrogen and oxygen atoms in total. The van der Waals surface area contributed by atoms with Crippen LogP contribution in [-0.2, 0) is 9.53 Å². The van der Waals surface area contributed by atoms with E-state index in [1.165, 1.54) is 0 Å². The zero-order valence-corrected chi connectivity index (χ0v) is 8.51. The number of Topliss-reactive ketones (excluding diaryl/α,β-unsaturated/α-hetero) is 1. The van der Waals surface area contributed by atoms with Gasteiger partial charge >= 0.3 is 0 Å². The summed E-state index contributed by atoms with van der Waals surface area (Å²) in [7, 11) is 1.70. The van der Waals surface area contributed by atoms with Gasteiger partial charge in [-0.05, 0) is 19.8 Å². The van der Waals surface area contributed by atoms with Crippen molar-refractivity contribution < 1.29 is 9.53 Å². The van der Waals surface area contributed by atoms with Crippen molar-refractivity contribution in [3.8, 4) is 0 Å². The van der Waals surface area contributed by atoms with Crippen LogP contribution in [0, 0.1) is 0 Å². The molecule has 0 radical (unpaired) electrons. The highest BCUT2D eigenvalue weighted by Crippen LogP contribution is 2.14. The van der Waals surface area contributed by atoms with Crippen molar-refractivity contribution in [2.75, 3.05) is 13.7 Å². The van der Waals surface area contributed by atoms with E-state index in [0.29, 0.717) is 30.9 Å². The minimum absolute atomic E-state index is 0.348. The summed E-state index contributed by atoms with van der Waals surface area (Å²) < 4.78 is 5.02. The molecule has 2 atom stereocenters. The highest BCUT2D eigenvalue weighted by molar-refractivity contribution is 5.79. The van der Waals surface area contributed by atoms with Crippen LogP contribution in [0.1, 0.15) is 32.6 Å². The van der Waals surface area contributed by atoms with Gasteiger partial charge in [-0.15, -0.1) is 0 Å². The third-order valence-corrected chi connectivity index (χ3v) is 2.42. The average Bonchev–Trinajstić information content (AvgIpc) is 2.04. The van der Waals surface area contributed by atoms with Crippen molar-refractivity contribution >= 4 is 5.78 Å². The van der Waals surface area contributed by atoms with Gasteiger partial charge in [0.15, 0.2) is 0 Å². The van der Waals surface area contributed by atoms with E-state index in [2.05, 4.69) is 12.2 Å². The van der Waals surface area contributed by atoms with Crippen molar-refractivity contribution in [3.05, 3.63) is 0 Å². The molecule has 1 saturated carbocycles. The van der Waals surface area contributed by atoms with Gasteiger partial charge in [0.1, 0.15) is 5.78 Å². The molecule has 0 spiro atoms. The number of hydrogen-bond acceptors (Lipinski definition) is 3. The lowest BCUT2D eigenvalue weighted by molar-refractivity contribution is -0.120. The van der Waals surface area contributed by atoms with Crippen LogP contribution in [0.2, 0.25) is 0 Å². The smallest absolute Gasteiger partial charge is 0.134 e.